The highest BCUT2D eigenvalue weighted by Crippen LogP contribution is 2.38. The number of hydrogen-bond donors (Lipinski definition) is 0. The molecule has 0 aliphatic rings. The summed E-state index contributed by atoms with van der Waals surface area (Å²) in [5, 5.41) is 0.311. The fraction of sp³-hybridized carbons (Fsp3) is 0.235. The Balaban J connectivity index is 2.42. The van der Waals surface area contributed by atoms with Crippen LogP contribution >= 0.6 is 11.6 Å². The van der Waals surface area contributed by atoms with Crippen LogP contribution in [0.25, 0.3) is 0 Å². The van der Waals surface area contributed by atoms with E-state index in [4.69, 9.17) is 21.1 Å². The Morgan fingerprint density at radius 2 is 1.71 bits per heavy atom. The summed E-state index contributed by atoms with van der Waals surface area (Å²) in [5.41, 5.74) is 1.41. The van der Waals surface area contributed by atoms with Crippen LogP contribution in [-0.2, 0) is 0 Å². The van der Waals surface area contributed by atoms with Crippen LogP contribution in [0.3, 0.4) is 0 Å². The maximum atomic E-state index is 12.7. The Morgan fingerprint density at radius 3 is 2.29 bits per heavy atom. The fourth-order valence-electron chi connectivity index (χ4n) is 2.22. The van der Waals surface area contributed by atoms with Crippen LogP contribution in [0, 0.1) is 0 Å². The molecule has 2 rings (SSSR count). The highest BCUT2D eigenvalue weighted by molar-refractivity contribution is 6.34. The number of benzene rings is 2. The molecule has 0 heterocycles. The molecule has 0 N–H and O–H groups in total. The molecule has 0 spiro atoms. The van der Waals surface area contributed by atoms with Gasteiger partial charge in [-0.05, 0) is 17.7 Å². The molecule has 0 bridgehead atoms. The van der Waals surface area contributed by atoms with E-state index >= 15 is 0 Å². The van der Waals surface area contributed by atoms with Crippen molar-refractivity contribution in [3.63, 3.8) is 0 Å². The normalized spacial score (nSPS) is 11.8. The molecule has 2 aromatic rings. The first-order valence-electron chi connectivity index (χ1n) is 6.59. The van der Waals surface area contributed by atoms with E-state index in [1.807, 2.05) is 37.3 Å². The topological polar surface area (TPSA) is 35.5 Å². The lowest BCUT2D eigenvalue weighted by Crippen LogP contribution is -2.11. The van der Waals surface area contributed by atoms with E-state index < -0.39 is 0 Å². The Kier molecular flexibility index (Phi) is 4.86. The van der Waals surface area contributed by atoms with Crippen molar-refractivity contribution < 1.29 is 14.3 Å². The molecule has 0 aliphatic heterocycles. The minimum atomic E-state index is -0.274. The van der Waals surface area contributed by atoms with E-state index in [0.29, 0.717) is 22.1 Å². The fourth-order valence-corrected chi connectivity index (χ4v) is 2.53. The standard InChI is InChI=1S/C17H17ClO3/c1-11(12-7-5-4-6-8-12)16(19)13-9-10-14(20-2)15(18)17(13)21-3/h4-11H,1-3H3. The van der Waals surface area contributed by atoms with Crippen LogP contribution in [0.4, 0.5) is 0 Å². The van der Waals surface area contributed by atoms with Gasteiger partial charge in [0.25, 0.3) is 0 Å². The van der Waals surface area contributed by atoms with Crippen molar-refractivity contribution in [3.8, 4) is 11.5 Å². The van der Waals surface area contributed by atoms with Crippen molar-refractivity contribution in [2.75, 3.05) is 14.2 Å². The minimum absolute atomic E-state index is 0.0393. The second kappa shape index (κ2) is 6.64. The lowest BCUT2D eigenvalue weighted by molar-refractivity contribution is 0.0963. The van der Waals surface area contributed by atoms with Crippen LogP contribution in [0.2, 0.25) is 5.02 Å². The zero-order valence-corrected chi connectivity index (χ0v) is 13.0. The van der Waals surface area contributed by atoms with Gasteiger partial charge in [0.05, 0.1) is 19.8 Å². The average molecular weight is 305 g/mol. The molecule has 0 saturated heterocycles. The molecule has 0 radical (unpaired) electrons. The number of carbonyl (C=O) groups is 1. The zero-order chi connectivity index (χ0) is 15.4. The molecule has 3 nitrogen and oxygen atoms in total. The third kappa shape index (κ3) is 3.03. The Hall–Kier alpha value is -2.00. The summed E-state index contributed by atoms with van der Waals surface area (Å²) in [7, 11) is 3.01. The maximum absolute atomic E-state index is 12.7. The van der Waals surface area contributed by atoms with E-state index in [9.17, 15) is 4.79 Å². The number of ketones is 1. The first-order chi connectivity index (χ1) is 10.1. The van der Waals surface area contributed by atoms with Crippen molar-refractivity contribution in [2.24, 2.45) is 0 Å². The lowest BCUT2D eigenvalue weighted by Gasteiger charge is -2.16. The highest BCUT2D eigenvalue weighted by atomic mass is 35.5. The van der Waals surface area contributed by atoms with Gasteiger partial charge in [-0.3, -0.25) is 4.79 Å². The molecule has 21 heavy (non-hydrogen) atoms. The second-order valence-corrected chi connectivity index (χ2v) is 5.04. The van der Waals surface area contributed by atoms with Crippen molar-refractivity contribution in [1.82, 2.24) is 0 Å². The molecule has 0 amide bonds. The van der Waals surface area contributed by atoms with Gasteiger partial charge < -0.3 is 9.47 Å². The van der Waals surface area contributed by atoms with Crippen LogP contribution in [0.1, 0.15) is 28.8 Å². The van der Waals surface area contributed by atoms with Crippen LogP contribution in [0.15, 0.2) is 42.5 Å². The first kappa shape index (κ1) is 15.4. The van der Waals surface area contributed by atoms with E-state index in [0.717, 1.165) is 5.56 Å². The van der Waals surface area contributed by atoms with Crippen LogP contribution in [-0.4, -0.2) is 20.0 Å². The van der Waals surface area contributed by atoms with E-state index in [1.165, 1.54) is 14.2 Å². The first-order valence-corrected chi connectivity index (χ1v) is 6.97. The molecule has 0 aliphatic carbocycles. The molecule has 0 saturated carbocycles. The number of halogens is 1. The molecular weight excluding hydrogens is 288 g/mol. The Morgan fingerprint density at radius 1 is 1.05 bits per heavy atom. The van der Waals surface area contributed by atoms with Gasteiger partial charge in [0.1, 0.15) is 10.8 Å². The second-order valence-electron chi connectivity index (χ2n) is 4.66. The Labute approximate surface area is 129 Å². The quantitative estimate of drug-likeness (QED) is 0.771. The van der Waals surface area contributed by atoms with Gasteiger partial charge in [0.15, 0.2) is 11.5 Å². The number of methoxy groups -OCH3 is 2. The van der Waals surface area contributed by atoms with Gasteiger partial charge in [-0.1, -0.05) is 48.9 Å². The summed E-state index contributed by atoms with van der Waals surface area (Å²) in [4.78, 5) is 12.7. The molecule has 4 heteroatoms. The number of Topliss-reactive ketones (excluding diaryl/α,β-unsaturated/α-hetero) is 1. The Bertz CT molecular complexity index is 638. The van der Waals surface area contributed by atoms with Crippen LogP contribution < -0.4 is 9.47 Å². The van der Waals surface area contributed by atoms with Gasteiger partial charge in [-0.2, -0.15) is 0 Å². The maximum Gasteiger partial charge on any atom is 0.173 e. The average Bonchev–Trinajstić information content (AvgIpc) is 2.54. The van der Waals surface area contributed by atoms with Gasteiger partial charge >= 0.3 is 0 Å². The lowest BCUT2D eigenvalue weighted by atomic mass is 9.92. The van der Waals surface area contributed by atoms with Gasteiger partial charge in [-0.15, -0.1) is 0 Å². The predicted octanol–water partition coefficient (Wildman–Crippen LogP) is 4.34. The largest absolute Gasteiger partial charge is 0.495 e. The third-order valence-electron chi connectivity index (χ3n) is 3.44. The van der Waals surface area contributed by atoms with Crippen molar-refractivity contribution in [1.29, 1.82) is 0 Å². The van der Waals surface area contributed by atoms with Crippen LogP contribution in [0.5, 0.6) is 11.5 Å². The summed E-state index contributed by atoms with van der Waals surface area (Å²) in [5.74, 6) is 0.522. The van der Waals surface area contributed by atoms with E-state index in [2.05, 4.69) is 0 Å². The summed E-state index contributed by atoms with van der Waals surface area (Å²) in [6.45, 7) is 1.87. The number of ether oxygens (including phenoxy) is 2. The zero-order valence-electron chi connectivity index (χ0n) is 12.2. The molecule has 1 atom stereocenters. The summed E-state index contributed by atoms with van der Waals surface area (Å²) < 4.78 is 10.4. The summed E-state index contributed by atoms with van der Waals surface area (Å²) >= 11 is 6.21. The minimum Gasteiger partial charge on any atom is -0.495 e. The summed E-state index contributed by atoms with van der Waals surface area (Å²) in [6, 6.07) is 13.0. The van der Waals surface area contributed by atoms with E-state index in [-0.39, 0.29) is 11.7 Å². The SMILES string of the molecule is COc1ccc(C(=O)C(C)c2ccccc2)c(OC)c1Cl. The molecular formula is C17H17ClO3. The van der Waals surface area contributed by atoms with Crippen molar-refractivity contribution >= 4 is 17.4 Å². The van der Waals surface area contributed by atoms with E-state index in [1.54, 1.807) is 12.1 Å². The van der Waals surface area contributed by atoms with Gasteiger partial charge in [-0.25, -0.2) is 0 Å². The number of carbonyl (C=O) groups excluding carboxylic acids is 1. The molecule has 1 unspecified atom stereocenters. The predicted molar refractivity (Wildman–Crippen MR) is 83.7 cm³/mol. The smallest absolute Gasteiger partial charge is 0.173 e. The third-order valence-corrected chi connectivity index (χ3v) is 3.80. The molecule has 110 valence electrons. The number of rotatable bonds is 5. The monoisotopic (exact) mass is 304 g/mol. The van der Waals surface area contributed by atoms with Gasteiger partial charge in [0, 0.05) is 5.92 Å². The van der Waals surface area contributed by atoms with Crippen molar-refractivity contribution in [2.45, 2.75) is 12.8 Å². The van der Waals surface area contributed by atoms with Gasteiger partial charge in [0.2, 0.25) is 0 Å². The number of hydrogen-bond acceptors (Lipinski definition) is 3. The molecule has 0 aromatic heterocycles. The summed E-state index contributed by atoms with van der Waals surface area (Å²) in [6.07, 6.45) is 0. The highest BCUT2D eigenvalue weighted by Gasteiger charge is 2.23. The van der Waals surface area contributed by atoms with Crippen molar-refractivity contribution in [3.05, 3.63) is 58.6 Å². The molecule has 0 fully saturated rings. The molecule has 2 aromatic carbocycles.